The highest BCUT2D eigenvalue weighted by molar-refractivity contribution is 7.80. The minimum Gasteiger partial charge on any atom is -0.476 e. The molecule has 1 aromatic rings. The highest BCUT2D eigenvalue weighted by atomic mass is 32.1. The molecule has 0 aliphatic carbocycles. The van der Waals surface area contributed by atoms with E-state index in [-0.39, 0.29) is 5.91 Å². The van der Waals surface area contributed by atoms with Gasteiger partial charge in [-0.05, 0) is 38.4 Å². The monoisotopic (exact) mass is 378 g/mol. The predicted octanol–water partition coefficient (Wildman–Crippen LogP) is 0.549. The number of hydrogen-bond donors (Lipinski definition) is 1. The van der Waals surface area contributed by atoms with Gasteiger partial charge in [0.05, 0.1) is 25.4 Å². The second kappa shape index (κ2) is 8.66. The number of anilines is 1. The molecular formula is C18H26N4O3S. The number of ether oxygens (including phenoxy) is 2. The highest BCUT2D eigenvalue weighted by Gasteiger charge is 2.35. The number of nitrogens with zero attached hydrogens (tertiary/aromatic N) is 3. The molecule has 1 aromatic carbocycles. The topological polar surface area (TPSA) is 57.3 Å². The molecule has 0 saturated carbocycles. The molecule has 1 N–H and O–H groups in total. The Balaban J connectivity index is 1.73. The predicted molar refractivity (Wildman–Crippen MR) is 105 cm³/mol. The summed E-state index contributed by atoms with van der Waals surface area (Å²) in [6.07, 6.45) is -0.573. The number of fused-ring (bicyclic) bond motifs is 1. The van der Waals surface area contributed by atoms with Gasteiger partial charge in [0.2, 0.25) is 0 Å². The highest BCUT2D eigenvalue weighted by Crippen LogP contribution is 2.33. The average Bonchev–Trinajstić information content (AvgIpc) is 2.66. The van der Waals surface area contributed by atoms with Crippen molar-refractivity contribution < 1.29 is 14.3 Å². The lowest BCUT2D eigenvalue weighted by molar-refractivity contribution is -0.142. The van der Waals surface area contributed by atoms with Gasteiger partial charge in [-0.1, -0.05) is 12.1 Å². The summed E-state index contributed by atoms with van der Waals surface area (Å²) in [5.41, 5.74) is 0.890. The van der Waals surface area contributed by atoms with Gasteiger partial charge in [-0.2, -0.15) is 0 Å². The van der Waals surface area contributed by atoms with Crippen LogP contribution in [0.1, 0.15) is 0 Å². The first-order valence-corrected chi connectivity index (χ1v) is 9.29. The van der Waals surface area contributed by atoms with Gasteiger partial charge in [-0.15, -0.1) is 0 Å². The third-order valence-corrected chi connectivity index (χ3v) is 4.82. The van der Waals surface area contributed by atoms with Crippen LogP contribution in [0.2, 0.25) is 0 Å². The summed E-state index contributed by atoms with van der Waals surface area (Å²) < 4.78 is 11.3. The maximum Gasteiger partial charge on any atom is 0.265 e. The largest absolute Gasteiger partial charge is 0.476 e. The third-order valence-electron chi connectivity index (χ3n) is 4.45. The van der Waals surface area contributed by atoms with Gasteiger partial charge < -0.3 is 29.5 Å². The van der Waals surface area contributed by atoms with Gasteiger partial charge in [-0.25, -0.2) is 0 Å². The Morgan fingerprint density at radius 3 is 2.77 bits per heavy atom. The molecule has 3 rings (SSSR count). The number of amides is 1. The van der Waals surface area contributed by atoms with Crippen molar-refractivity contribution in [1.82, 2.24) is 15.1 Å². The van der Waals surface area contributed by atoms with Crippen molar-refractivity contribution in [2.24, 2.45) is 0 Å². The number of morpholine rings is 1. The van der Waals surface area contributed by atoms with Crippen molar-refractivity contribution in [2.75, 3.05) is 64.9 Å². The number of nitrogens with one attached hydrogen (secondary N) is 1. The van der Waals surface area contributed by atoms with Crippen molar-refractivity contribution in [3.05, 3.63) is 24.3 Å². The second-order valence-electron chi connectivity index (χ2n) is 6.66. The van der Waals surface area contributed by atoms with E-state index in [4.69, 9.17) is 21.7 Å². The van der Waals surface area contributed by atoms with Crippen molar-refractivity contribution in [2.45, 2.75) is 6.10 Å². The van der Waals surface area contributed by atoms with Crippen LogP contribution in [-0.2, 0) is 9.53 Å². The fourth-order valence-corrected chi connectivity index (χ4v) is 3.30. The van der Waals surface area contributed by atoms with Crippen LogP contribution in [0, 0.1) is 0 Å². The summed E-state index contributed by atoms with van der Waals surface area (Å²) in [4.78, 5) is 18.7. The second-order valence-corrected chi connectivity index (χ2v) is 7.04. The third kappa shape index (κ3) is 4.44. The minimum atomic E-state index is -0.573. The molecule has 26 heavy (non-hydrogen) atoms. The van der Waals surface area contributed by atoms with Crippen molar-refractivity contribution in [3.63, 3.8) is 0 Å². The molecule has 142 valence electrons. The van der Waals surface area contributed by atoms with Crippen molar-refractivity contribution in [3.8, 4) is 5.75 Å². The molecule has 1 amide bonds. The Hall–Kier alpha value is -1.90. The zero-order chi connectivity index (χ0) is 18.5. The summed E-state index contributed by atoms with van der Waals surface area (Å²) in [5, 5.41) is 3.89. The summed E-state index contributed by atoms with van der Waals surface area (Å²) >= 11 is 5.59. The normalized spacial score (nSPS) is 19.7. The molecule has 8 heteroatoms. The van der Waals surface area contributed by atoms with E-state index >= 15 is 0 Å². The Kier molecular flexibility index (Phi) is 6.29. The molecular weight excluding hydrogens is 352 g/mol. The summed E-state index contributed by atoms with van der Waals surface area (Å²) in [5.74, 6) is 0.672. The number of likely N-dealkylation sites (N-methyl/N-ethyl adjacent to an activating group) is 1. The van der Waals surface area contributed by atoms with Crippen molar-refractivity contribution >= 4 is 28.9 Å². The molecule has 1 fully saturated rings. The molecule has 0 radical (unpaired) electrons. The quantitative estimate of drug-likeness (QED) is 0.768. The minimum absolute atomic E-state index is 0.0103. The smallest absolute Gasteiger partial charge is 0.265 e. The number of carbonyl (C=O) groups is 1. The number of benzene rings is 1. The summed E-state index contributed by atoms with van der Waals surface area (Å²) in [6, 6.07) is 7.69. The van der Waals surface area contributed by atoms with Gasteiger partial charge in [-0.3, -0.25) is 4.79 Å². The number of hydrogen-bond acceptors (Lipinski definition) is 5. The lowest BCUT2D eigenvalue weighted by atomic mass is 10.1. The van der Waals surface area contributed by atoms with Crippen LogP contribution in [0.4, 0.5) is 5.69 Å². The van der Waals surface area contributed by atoms with E-state index < -0.39 is 6.10 Å². The van der Waals surface area contributed by atoms with E-state index in [1.165, 1.54) is 0 Å². The zero-order valence-corrected chi connectivity index (χ0v) is 16.1. The first-order valence-electron chi connectivity index (χ1n) is 8.88. The van der Waals surface area contributed by atoms with Crippen LogP contribution >= 0.6 is 12.2 Å². The Bertz CT molecular complexity index is 649. The summed E-state index contributed by atoms with van der Waals surface area (Å²) in [7, 11) is 4.04. The standard InChI is InChI=1S/C18H26N4O3S/c1-20(2)8-7-19-18(26)22-13-16(17(23)21-9-11-24-12-10-21)25-15-6-4-3-5-14(15)22/h3-6,16H,7-13H2,1-2H3,(H,19,26)/t16-/m1/s1. The van der Waals surface area contributed by atoms with Crippen LogP contribution in [0.25, 0.3) is 0 Å². The van der Waals surface area contributed by atoms with Crippen LogP contribution in [0.5, 0.6) is 5.75 Å². The van der Waals surface area contributed by atoms with Crippen molar-refractivity contribution in [1.29, 1.82) is 0 Å². The van der Waals surface area contributed by atoms with E-state index in [0.717, 1.165) is 18.8 Å². The SMILES string of the molecule is CN(C)CCNC(=S)N1C[C@H](C(=O)N2CCOCC2)Oc2ccccc21. The molecule has 1 atom stereocenters. The van der Waals surface area contributed by atoms with E-state index in [9.17, 15) is 4.79 Å². The van der Waals surface area contributed by atoms with Gasteiger partial charge in [0.1, 0.15) is 5.75 Å². The van der Waals surface area contributed by atoms with Gasteiger partial charge >= 0.3 is 0 Å². The molecule has 0 aromatic heterocycles. The molecule has 0 unspecified atom stereocenters. The number of rotatable bonds is 4. The molecule has 2 aliphatic heterocycles. The molecule has 0 bridgehead atoms. The number of carbonyl (C=O) groups excluding carboxylic acids is 1. The fourth-order valence-electron chi connectivity index (χ4n) is 3.02. The molecule has 7 nitrogen and oxygen atoms in total. The average molecular weight is 378 g/mol. The Labute approximate surface area is 159 Å². The van der Waals surface area contributed by atoms with Crippen LogP contribution in [0.15, 0.2) is 24.3 Å². The first-order chi connectivity index (χ1) is 12.6. The number of thiocarbonyl (C=S) groups is 1. The number of para-hydroxylation sites is 2. The van der Waals surface area contributed by atoms with E-state index in [1.807, 2.05) is 48.2 Å². The Morgan fingerprint density at radius 2 is 2.04 bits per heavy atom. The van der Waals surface area contributed by atoms with Gasteiger partial charge in [0.15, 0.2) is 11.2 Å². The van der Waals surface area contributed by atoms with E-state index in [0.29, 0.717) is 43.7 Å². The molecule has 2 aliphatic rings. The van der Waals surface area contributed by atoms with E-state index in [2.05, 4.69) is 10.2 Å². The lowest BCUT2D eigenvalue weighted by Gasteiger charge is -2.38. The van der Waals surface area contributed by atoms with Gasteiger partial charge in [0, 0.05) is 26.2 Å². The molecule has 1 saturated heterocycles. The lowest BCUT2D eigenvalue weighted by Crippen LogP contribution is -2.55. The Morgan fingerprint density at radius 1 is 1.31 bits per heavy atom. The summed E-state index contributed by atoms with van der Waals surface area (Å²) in [6.45, 7) is 4.38. The van der Waals surface area contributed by atoms with E-state index in [1.54, 1.807) is 0 Å². The fraction of sp³-hybridized carbons (Fsp3) is 0.556. The zero-order valence-electron chi connectivity index (χ0n) is 15.3. The first kappa shape index (κ1) is 18.9. The molecule has 0 spiro atoms. The van der Waals surface area contributed by atoms with Crippen LogP contribution < -0.4 is 15.0 Å². The van der Waals surface area contributed by atoms with Crippen LogP contribution in [0.3, 0.4) is 0 Å². The van der Waals surface area contributed by atoms with Gasteiger partial charge in [0.25, 0.3) is 5.91 Å². The maximum absolute atomic E-state index is 12.9. The van der Waals surface area contributed by atoms with Crippen LogP contribution in [-0.4, -0.2) is 87.0 Å². The maximum atomic E-state index is 12.9. The molecule has 2 heterocycles.